The zero-order valence-electron chi connectivity index (χ0n) is 15.5. The molecule has 0 aliphatic heterocycles. The number of fused-ring (bicyclic) bond motifs is 1. The standard InChI is InChI=1S/C19H18F3N3O3S/c1-2-28-16(26)11-25(9-12-3-5-13(6-4-12)19(20,21)22)10-15-23-14-7-8-29-17(14)18(27)24-15/h3-8H,2,9-11H2,1H3,(H,23,24,27). The zero-order valence-corrected chi connectivity index (χ0v) is 16.3. The quantitative estimate of drug-likeness (QED) is 0.586. The lowest BCUT2D eigenvalue weighted by Gasteiger charge is -2.21. The van der Waals surface area contributed by atoms with Crippen LogP contribution in [0.25, 0.3) is 10.2 Å². The summed E-state index contributed by atoms with van der Waals surface area (Å²) in [6, 6.07) is 6.44. The summed E-state index contributed by atoms with van der Waals surface area (Å²) in [5, 5.41) is 1.76. The Hall–Kier alpha value is -2.72. The number of carbonyl (C=O) groups is 1. The predicted octanol–water partition coefficient (Wildman–Crippen LogP) is 3.57. The van der Waals surface area contributed by atoms with Gasteiger partial charge in [-0.1, -0.05) is 12.1 Å². The van der Waals surface area contributed by atoms with Crippen LogP contribution in [-0.4, -0.2) is 34.0 Å². The topological polar surface area (TPSA) is 75.3 Å². The Morgan fingerprint density at radius 1 is 1.21 bits per heavy atom. The minimum atomic E-state index is -4.41. The lowest BCUT2D eigenvalue weighted by molar-refractivity contribution is -0.144. The van der Waals surface area contributed by atoms with Gasteiger partial charge in [0, 0.05) is 6.54 Å². The normalized spacial score (nSPS) is 11.9. The Morgan fingerprint density at radius 2 is 1.93 bits per heavy atom. The van der Waals surface area contributed by atoms with Crippen molar-refractivity contribution in [3.63, 3.8) is 0 Å². The molecule has 0 aliphatic carbocycles. The summed E-state index contributed by atoms with van der Waals surface area (Å²) in [6.45, 7) is 2.11. The maximum atomic E-state index is 12.8. The molecule has 1 N–H and O–H groups in total. The van der Waals surface area contributed by atoms with Gasteiger partial charge in [0.05, 0.1) is 30.8 Å². The van der Waals surface area contributed by atoms with Gasteiger partial charge >= 0.3 is 12.1 Å². The fourth-order valence-corrected chi connectivity index (χ4v) is 3.55. The molecule has 0 fully saturated rings. The maximum absolute atomic E-state index is 12.8. The van der Waals surface area contributed by atoms with E-state index in [2.05, 4.69) is 9.97 Å². The summed E-state index contributed by atoms with van der Waals surface area (Å²) in [5.74, 6) is -0.115. The minimum absolute atomic E-state index is 0.0970. The van der Waals surface area contributed by atoms with Crippen LogP contribution in [0.15, 0.2) is 40.5 Å². The molecule has 0 spiro atoms. The maximum Gasteiger partial charge on any atom is 0.416 e. The number of benzene rings is 1. The van der Waals surface area contributed by atoms with Crippen molar-refractivity contribution < 1.29 is 22.7 Å². The molecule has 3 aromatic rings. The zero-order chi connectivity index (χ0) is 21.0. The summed E-state index contributed by atoms with van der Waals surface area (Å²) in [7, 11) is 0. The number of carbonyl (C=O) groups excluding carboxylic acids is 1. The largest absolute Gasteiger partial charge is 0.465 e. The molecular formula is C19H18F3N3O3S. The number of nitrogens with zero attached hydrogens (tertiary/aromatic N) is 2. The first-order valence-electron chi connectivity index (χ1n) is 8.76. The molecule has 0 atom stereocenters. The highest BCUT2D eigenvalue weighted by Crippen LogP contribution is 2.29. The number of alkyl halides is 3. The van der Waals surface area contributed by atoms with Crippen LogP contribution in [0.2, 0.25) is 0 Å². The Morgan fingerprint density at radius 3 is 2.59 bits per heavy atom. The summed E-state index contributed by atoms with van der Waals surface area (Å²) in [4.78, 5) is 32.8. The van der Waals surface area contributed by atoms with Gasteiger partial charge in [-0.15, -0.1) is 11.3 Å². The van der Waals surface area contributed by atoms with E-state index in [9.17, 15) is 22.8 Å². The third kappa shape index (κ3) is 5.42. The molecule has 0 saturated carbocycles. The predicted molar refractivity (Wildman–Crippen MR) is 102 cm³/mol. The van der Waals surface area contributed by atoms with E-state index in [1.807, 2.05) is 0 Å². The van der Waals surface area contributed by atoms with Gasteiger partial charge in [0.2, 0.25) is 0 Å². The van der Waals surface area contributed by atoms with Gasteiger partial charge < -0.3 is 9.72 Å². The molecule has 10 heteroatoms. The van der Waals surface area contributed by atoms with Crippen LogP contribution in [-0.2, 0) is 28.8 Å². The second kappa shape index (κ2) is 8.75. The van der Waals surface area contributed by atoms with E-state index in [1.165, 1.54) is 23.5 Å². The van der Waals surface area contributed by atoms with Gasteiger partial charge in [-0.25, -0.2) is 4.98 Å². The molecule has 3 rings (SSSR count). The van der Waals surface area contributed by atoms with Crippen LogP contribution in [0.4, 0.5) is 13.2 Å². The number of aromatic nitrogens is 2. The van der Waals surface area contributed by atoms with Crippen LogP contribution >= 0.6 is 11.3 Å². The molecule has 0 radical (unpaired) electrons. The van der Waals surface area contributed by atoms with Crippen LogP contribution in [0.1, 0.15) is 23.9 Å². The van der Waals surface area contributed by atoms with E-state index >= 15 is 0 Å². The molecule has 2 heterocycles. The van der Waals surface area contributed by atoms with Crippen LogP contribution < -0.4 is 5.56 Å². The molecule has 0 unspecified atom stereocenters. The second-order valence-corrected chi connectivity index (χ2v) is 7.21. The van der Waals surface area contributed by atoms with E-state index in [0.717, 1.165) is 12.1 Å². The van der Waals surface area contributed by atoms with Crippen molar-refractivity contribution in [3.05, 3.63) is 63.0 Å². The molecule has 29 heavy (non-hydrogen) atoms. The fraction of sp³-hybridized carbons (Fsp3) is 0.316. The van der Waals surface area contributed by atoms with Gasteiger partial charge in [0.25, 0.3) is 5.56 Å². The first kappa shape index (κ1) is 21.0. The van der Waals surface area contributed by atoms with Crippen molar-refractivity contribution in [1.29, 1.82) is 0 Å². The average molecular weight is 425 g/mol. The van der Waals surface area contributed by atoms with Gasteiger partial charge in [-0.3, -0.25) is 14.5 Å². The van der Waals surface area contributed by atoms with E-state index in [4.69, 9.17) is 4.74 Å². The lowest BCUT2D eigenvalue weighted by atomic mass is 10.1. The summed E-state index contributed by atoms with van der Waals surface area (Å²) in [5.41, 5.74) is 0.123. The van der Waals surface area contributed by atoms with Crippen molar-refractivity contribution in [2.24, 2.45) is 0 Å². The molecule has 0 bridgehead atoms. The number of nitrogens with one attached hydrogen (secondary N) is 1. The van der Waals surface area contributed by atoms with Gasteiger partial charge in [-0.2, -0.15) is 13.2 Å². The molecular weight excluding hydrogens is 407 g/mol. The summed E-state index contributed by atoms with van der Waals surface area (Å²) >= 11 is 1.28. The van der Waals surface area contributed by atoms with Crippen LogP contribution in [0, 0.1) is 0 Å². The minimum Gasteiger partial charge on any atom is -0.465 e. The monoisotopic (exact) mass is 425 g/mol. The molecule has 2 aromatic heterocycles. The van der Waals surface area contributed by atoms with E-state index < -0.39 is 17.7 Å². The second-order valence-electron chi connectivity index (χ2n) is 6.29. The summed E-state index contributed by atoms with van der Waals surface area (Å²) < 4.78 is 43.7. The fourth-order valence-electron chi connectivity index (χ4n) is 2.82. The number of ether oxygens (including phenoxy) is 1. The van der Waals surface area contributed by atoms with Crippen molar-refractivity contribution >= 4 is 27.5 Å². The van der Waals surface area contributed by atoms with Crippen molar-refractivity contribution in [1.82, 2.24) is 14.9 Å². The first-order chi connectivity index (χ1) is 13.8. The van der Waals surface area contributed by atoms with E-state index in [0.29, 0.717) is 21.6 Å². The molecule has 1 aromatic carbocycles. The van der Waals surface area contributed by atoms with E-state index in [1.54, 1.807) is 23.3 Å². The Kier molecular flexibility index (Phi) is 6.33. The third-order valence-corrected chi connectivity index (χ3v) is 4.99. The van der Waals surface area contributed by atoms with Crippen molar-refractivity contribution in [2.45, 2.75) is 26.2 Å². The highest BCUT2D eigenvalue weighted by Gasteiger charge is 2.30. The van der Waals surface area contributed by atoms with E-state index in [-0.39, 0.29) is 31.8 Å². The Bertz CT molecular complexity index is 1040. The number of H-pyrrole nitrogens is 1. The average Bonchev–Trinajstić information content (AvgIpc) is 3.10. The number of rotatable bonds is 7. The van der Waals surface area contributed by atoms with Crippen LogP contribution in [0.5, 0.6) is 0 Å². The van der Waals surface area contributed by atoms with Crippen LogP contribution in [0.3, 0.4) is 0 Å². The SMILES string of the molecule is CCOC(=O)CN(Cc1ccc(C(F)(F)F)cc1)Cc1nc2ccsc2c(=O)[nH]1. The Labute approximate surface area is 167 Å². The number of aromatic amines is 1. The molecule has 0 saturated heterocycles. The number of hydrogen-bond donors (Lipinski definition) is 1. The van der Waals surface area contributed by atoms with Gasteiger partial charge in [0.15, 0.2) is 0 Å². The highest BCUT2D eigenvalue weighted by molar-refractivity contribution is 7.17. The number of esters is 1. The smallest absolute Gasteiger partial charge is 0.416 e. The third-order valence-electron chi connectivity index (χ3n) is 4.08. The molecule has 154 valence electrons. The number of halogens is 3. The Balaban J connectivity index is 1.81. The number of thiophene rings is 1. The highest BCUT2D eigenvalue weighted by atomic mass is 32.1. The van der Waals surface area contributed by atoms with Gasteiger partial charge in [-0.05, 0) is 36.1 Å². The number of hydrogen-bond acceptors (Lipinski definition) is 6. The van der Waals surface area contributed by atoms with Crippen molar-refractivity contribution in [3.8, 4) is 0 Å². The van der Waals surface area contributed by atoms with Gasteiger partial charge in [0.1, 0.15) is 10.5 Å². The molecule has 0 aliphatic rings. The lowest BCUT2D eigenvalue weighted by Crippen LogP contribution is -2.31. The molecule has 0 amide bonds. The summed E-state index contributed by atoms with van der Waals surface area (Å²) in [6.07, 6.45) is -4.41. The molecule has 6 nitrogen and oxygen atoms in total. The van der Waals surface area contributed by atoms with Crippen molar-refractivity contribution in [2.75, 3.05) is 13.2 Å². The first-order valence-corrected chi connectivity index (χ1v) is 9.64.